The van der Waals surface area contributed by atoms with E-state index >= 15 is 0 Å². The van der Waals surface area contributed by atoms with Crippen molar-refractivity contribution >= 4 is 22.8 Å². The first-order valence-electron chi connectivity index (χ1n) is 10.1. The molecule has 1 atom stereocenters. The lowest BCUT2D eigenvalue weighted by molar-refractivity contribution is -0.143. The highest BCUT2D eigenvalue weighted by atomic mass is 16.5. The molecule has 2 aromatic heterocycles. The number of nitrogen functional groups attached to an aromatic ring is 1. The Morgan fingerprint density at radius 3 is 2.29 bits per heavy atom. The van der Waals surface area contributed by atoms with Crippen molar-refractivity contribution in [3.8, 4) is 22.6 Å². The first kappa shape index (κ1) is 21.8. The van der Waals surface area contributed by atoms with Gasteiger partial charge in [-0.1, -0.05) is 44.2 Å². The highest BCUT2D eigenvalue weighted by Gasteiger charge is 2.22. The molecule has 0 saturated heterocycles. The zero-order valence-electron chi connectivity index (χ0n) is 18.1. The lowest BCUT2D eigenvalue weighted by Gasteiger charge is -2.11. The van der Waals surface area contributed by atoms with Gasteiger partial charge in [0, 0.05) is 11.8 Å². The molecular formula is C24H26N4O3. The second kappa shape index (κ2) is 9.75. The van der Waals surface area contributed by atoms with Crippen LogP contribution in [0.2, 0.25) is 0 Å². The van der Waals surface area contributed by atoms with Crippen LogP contribution in [0.3, 0.4) is 0 Å². The number of fused-ring (bicyclic) bond motifs is 1. The zero-order chi connectivity index (χ0) is 22.4. The Hall–Kier alpha value is -3.87. The molecule has 0 aliphatic carbocycles. The minimum atomic E-state index is -0.550. The average Bonchev–Trinajstić information content (AvgIpc) is 3.21. The molecule has 2 N–H and O–H groups in total. The van der Waals surface area contributed by atoms with Gasteiger partial charge in [-0.3, -0.25) is 0 Å². The zero-order valence-corrected chi connectivity index (χ0v) is 18.1. The van der Waals surface area contributed by atoms with E-state index in [1.54, 1.807) is 11.5 Å². The third kappa shape index (κ3) is 4.50. The number of hydrogen-bond donors (Lipinski definition) is 1. The van der Waals surface area contributed by atoms with Gasteiger partial charge in [0.05, 0.1) is 12.5 Å². The van der Waals surface area contributed by atoms with Crippen molar-refractivity contribution in [1.29, 1.82) is 0 Å². The number of hydrogen-bond acceptors (Lipinski definition) is 6. The maximum Gasteiger partial charge on any atom is 0.328 e. The summed E-state index contributed by atoms with van der Waals surface area (Å²) in [6.45, 7) is 5.75. The van der Waals surface area contributed by atoms with Gasteiger partial charge >= 0.3 is 5.97 Å². The van der Waals surface area contributed by atoms with Crippen molar-refractivity contribution in [2.75, 3.05) is 12.8 Å². The van der Waals surface area contributed by atoms with E-state index in [0.29, 0.717) is 16.9 Å². The number of nitrogens with zero attached hydrogens (tertiary/aromatic N) is 3. The quantitative estimate of drug-likeness (QED) is 0.446. The first-order chi connectivity index (χ1) is 15.1. The summed E-state index contributed by atoms with van der Waals surface area (Å²) in [4.78, 5) is 20.5. The van der Waals surface area contributed by atoms with Gasteiger partial charge in [-0.15, -0.1) is 0 Å². The molecule has 7 nitrogen and oxygen atoms in total. The first-order valence-corrected chi connectivity index (χ1v) is 10.1. The van der Waals surface area contributed by atoms with Crippen LogP contribution in [-0.2, 0) is 9.53 Å². The number of rotatable bonds is 5. The molecule has 0 spiro atoms. The Morgan fingerprint density at radius 1 is 1.00 bits per heavy atom. The van der Waals surface area contributed by atoms with Crippen molar-refractivity contribution in [2.45, 2.75) is 26.8 Å². The Balaban J connectivity index is 0.00000132. The Kier molecular flexibility index (Phi) is 6.87. The van der Waals surface area contributed by atoms with Crippen molar-refractivity contribution in [1.82, 2.24) is 14.5 Å². The molecule has 0 fully saturated rings. The number of aromatic nitrogens is 3. The molecule has 4 aromatic rings. The van der Waals surface area contributed by atoms with Crippen molar-refractivity contribution in [3.63, 3.8) is 0 Å². The fourth-order valence-corrected chi connectivity index (χ4v) is 3.23. The smallest absolute Gasteiger partial charge is 0.328 e. The van der Waals surface area contributed by atoms with E-state index in [0.717, 1.165) is 22.6 Å². The van der Waals surface area contributed by atoms with E-state index in [-0.39, 0.29) is 5.97 Å². The van der Waals surface area contributed by atoms with Crippen molar-refractivity contribution in [3.05, 3.63) is 67.1 Å². The summed E-state index contributed by atoms with van der Waals surface area (Å²) < 4.78 is 12.5. The second-order valence-corrected chi connectivity index (χ2v) is 6.55. The number of benzene rings is 2. The van der Waals surface area contributed by atoms with E-state index in [9.17, 15) is 4.79 Å². The van der Waals surface area contributed by atoms with E-state index in [2.05, 4.69) is 9.97 Å². The molecule has 31 heavy (non-hydrogen) atoms. The topological polar surface area (TPSA) is 92.3 Å². The number of ether oxygens (including phenoxy) is 2. The van der Waals surface area contributed by atoms with Crippen LogP contribution in [0.5, 0.6) is 11.5 Å². The standard InChI is InChI=1S/C22H20N4O3.C2H6/c1-14(22(27)28-2)26-12-18(19-20(23)24-13-25-21(19)26)15-8-10-17(11-9-15)29-16-6-4-3-5-7-16;1-2/h3-14H,1-2H3,(H2,23,24,25);1-2H3. The number of methoxy groups -OCH3 is 1. The Morgan fingerprint density at radius 2 is 1.65 bits per heavy atom. The summed E-state index contributed by atoms with van der Waals surface area (Å²) >= 11 is 0. The van der Waals surface area contributed by atoms with Crippen LogP contribution in [0.1, 0.15) is 26.8 Å². The van der Waals surface area contributed by atoms with Crippen LogP contribution in [0.4, 0.5) is 5.82 Å². The lowest BCUT2D eigenvalue weighted by atomic mass is 10.1. The van der Waals surface area contributed by atoms with Gasteiger partial charge in [-0.25, -0.2) is 14.8 Å². The molecule has 2 aromatic carbocycles. The third-order valence-electron chi connectivity index (χ3n) is 4.74. The lowest BCUT2D eigenvalue weighted by Crippen LogP contribution is -2.17. The monoisotopic (exact) mass is 418 g/mol. The highest BCUT2D eigenvalue weighted by molar-refractivity contribution is 6.01. The van der Waals surface area contributed by atoms with Crippen LogP contribution in [0, 0.1) is 0 Å². The van der Waals surface area contributed by atoms with Gasteiger partial charge in [-0.05, 0) is 36.8 Å². The second-order valence-electron chi connectivity index (χ2n) is 6.55. The molecule has 0 radical (unpaired) electrons. The Labute approximate surface area is 181 Å². The largest absolute Gasteiger partial charge is 0.467 e. The number of para-hydroxylation sites is 1. The van der Waals surface area contributed by atoms with Crippen LogP contribution in [0.15, 0.2) is 67.1 Å². The molecule has 0 amide bonds. The van der Waals surface area contributed by atoms with Gasteiger partial charge in [0.1, 0.15) is 35.3 Å². The van der Waals surface area contributed by atoms with Gasteiger partial charge in [0.2, 0.25) is 0 Å². The van der Waals surface area contributed by atoms with E-state index < -0.39 is 6.04 Å². The normalized spacial score (nSPS) is 11.4. The van der Waals surface area contributed by atoms with Gasteiger partial charge in [0.15, 0.2) is 0 Å². The van der Waals surface area contributed by atoms with Crippen LogP contribution in [-0.4, -0.2) is 27.6 Å². The van der Waals surface area contributed by atoms with E-state index in [1.165, 1.54) is 13.4 Å². The minimum absolute atomic E-state index is 0.352. The predicted octanol–water partition coefficient (Wildman–Crippen LogP) is 5.23. The molecule has 4 rings (SSSR count). The molecule has 0 bridgehead atoms. The number of anilines is 1. The fraction of sp³-hybridized carbons (Fsp3) is 0.208. The summed E-state index contributed by atoms with van der Waals surface area (Å²) in [5.41, 5.74) is 8.47. The van der Waals surface area contributed by atoms with Gasteiger partial charge < -0.3 is 19.8 Å². The third-order valence-corrected chi connectivity index (χ3v) is 4.74. The SMILES string of the molecule is CC.COC(=O)C(C)n1cc(-c2ccc(Oc3ccccc3)cc2)c2c(N)ncnc21. The van der Waals surface area contributed by atoms with Crippen LogP contribution in [0.25, 0.3) is 22.2 Å². The van der Waals surface area contributed by atoms with E-state index in [4.69, 9.17) is 15.2 Å². The van der Waals surface area contributed by atoms with Crippen molar-refractivity contribution < 1.29 is 14.3 Å². The molecule has 7 heteroatoms. The van der Waals surface area contributed by atoms with Crippen LogP contribution >= 0.6 is 0 Å². The molecule has 1 unspecified atom stereocenters. The number of carbonyl (C=O) groups is 1. The van der Waals surface area contributed by atoms with Gasteiger partial charge in [0.25, 0.3) is 0 Å². The molecule has 0 aliphatic heterocycles. The van der Waals surface area contributed by atoms with Crippen LogP contribution < -0.4 is 10.5 Å². The summed E-state index contributed by atoms with van der Waals surface area (Å²) in [6.07, 6.45) is 3.24. The Bertz CT molecular complexity index is 1150. The number of nitrogens with two attached hydrogens (primary N) is 1. The van der Waals surface area contributed by atoms with Crippen molar-refractivity contribution in [2.24, 2.45) is 0 Å². The number of carbonyl (C=O) groups excluding carboxylic acids is 1. The van der Waals surface area contributed by atoms with E-state index in [1.807, 2.05) is 74.6 Å². The molecule has 160 valence electrons. The summed E-state index contributed by atoms with van der Waals surface area (Å²) in [7, 11) is 1.36. The summed E-state index contributed by atoms with van der Waals surface area (Å²) in [5.74, 6) is 1.47. The maximum atomic E-state index is 12.1. The average molecular weight is 418 g/mol. The molecular weight excluding hydrogens is 392 g/mol. The fourth-order valence-electron chi connectivity index (χ4n) is 3.23. The molecule has 0 aliphatic rings. The minimum Gasteiger partial charge on any atom is -0.467 e. The summed E-state index contributed by atoms with van der Waals surface area (Å²) in [6, 6.07) is 16.7. The molecule has 2 heterocycles. The maximum absolute atomic E-state index is 12.1. The number of esters is 1. The van der Waals surface area contributed by atoms with Gasteiger partial charge in [-0.2, -0.15) is 0 Å². The predicted molar refractivity (Wildman–Crippen MR) is 122 cm³/mol. The molecule has 0 saturated carbocycles. The highest BCUT2D eigenvalue weighted by Crippen LogP contribution is 2.35. The summed E-state index contributed by atoms with van der Waals surface area (Å²) in [5, 5.41) is 0.694.